The van der Waals surface area contributed by atoms with Crippen molar-refractivity contribution in [2.75, 3.05) is 7.11 Å². The Bertz CT molecular complexity index is 1710. The SMILES string of the molecule is COc1cccc(-c2c(C#N)c(-c3ccco3)nc3c2c(-c2ccccc2)nn3-c2ccccc2)c1. The fourth-order valence-electron chi connectivity index (χ4n) is 4.46. The number of hydrogen-bond donors (Lipinski definition) is 0. The van der Waals surface area contributed by atoms with Gasteiger partial charge in [0.15, 0.2) is 11.4 Å². The monoisotopic (exact) mass is 468 g/mol. The van der Waals surface area contributed by atoms with Crippen LogP contribution in [0.15, 0.2) is 108 Å². The van der Waals surface area contributed by atoms with Crippen LogP contribution < -0.4 is 4.74 Å². The third-order valence-electron chi connectivity index (χ3n) is 6.09. The van der Waals surface area contributed by atoms with Crippen LogP contribution >= 0.6 is 0 Å². The van der Waals surface area contributed by atoms with E-state index in [2.05, 4.69) is 6.07 Å². The van der Waals surface area contributed by atoms with E-state index in [1.807, 2.05) is 95.7 Å². The van der Waals surface area contributed by atoms with Gasteiger partial charge in [-0.2, -0.15) is 10.4 Å². The number of benzene rings is 3. The molecular weight excluding hydrogens is 448 g/mol. The molecule has 0 aliphatic heterocycles. The van der Waals surface area contributed by atoms with Crippen LogP contribution in [0.3, 0.4) is 0 Å². The summed E-state index contributed by atoms with van der Waals surface area (Å²) in [4.78, 5) is 4.99. The molecule has 0 spiro atoms. The second-order valence-electron chi connectivity index (χ2n) is 8.19. The van der Waals surface area contributed by atoms with Gasteiger partial charge in [0.2, 0.25) is 0 Å². The number of aromatic nitrogens is 3. The number of para-hydroxylation sites is 1. The highest BCUT2D eigenvalue weighted by Crippen LogP contribution is 2.42. The highest BCUT2D eigenvalue weighted by molar-refractivity contribution is 6.07. The van der Waals surface area contributed by atoms with E-state index in [4.69, 9.17) is 19.2 Å². The van der Waals surface area contributed by atoms with Crippen molar-refractivity contribution in [2.45, 2.75) is 0 Å². The fraction of sp³-hybridized carbons (Fsp3) is 0.0333. The number of methoxy groups -OCH3 is 1. The van der Waals surface area contributed by atoms with Gasteiger partial charge < -0.3 is 9.15 Å². The Balaban J connectivity index is 1.82. The largest absolute Gasteiger partial charge is 0.497 e. The van der Waals surface area contributed by atoms with Crippen LogP contribution in [0.25, 0.3) is 50.6 Å². The predicted molar refractivity (Wildman–Crippen MR) is 139 cm³/mol. The third-order valence-corrected chi connectivity index (χ3v) is 6.09. The summed E-state index contributed by atoms with van der Waals surface area (Å²) in [7, 11) is 1.63. The molecule has 3 heterocycles. The van der Waals surface area contributed by atoms with Gasteiger partial charge in [0, 0.05) is 11.1 Å². The lowest BCUT2D eigenvalue weighted by atomic mass is 9.93. The lowest BCUT2D eigenvalue weighted by Gasteiger charge is -2.13. The van der Waals surface area contributed by atoms with Crippen molar-refractivity contribution in [3.05, 3.63) is 109 Å². The van der Waals surface area contributed by atoms with Crippen molar-refractivity contribution < 1.29 is 9.15 Å². The highest BCUT2D eigenvalue weighted by Gasteiger charge is 2.26. The predicted octanol–water partition coefficient (Wildman–Crippen LogP) is 6.89. The van der Waals surface area contributed by atoms with Crippen LogP contribution in [0.2, 0.25) is 0 Å². The zero-order valence-corrected chi connectivity index (χ0v) is 19.4. The van der Waals surface area contributed by atoms with Gasteiger partial charge in [-0.3, -0.25) is 0 Å². The molecular formula is C30H20N4O2. The lowest BCUT2D eigenvalue weighted by Crippen LogP contribution is -2.00. The molecule has 0 fully saturated rings. The fourth-order valence-corrected chi connectivity index (χ4v) is 4.46. The number of furan rings is 1. The average molecular weight is 469 g/mol. The minimum Gasteiger partial charge on any atom is -0.497 e. The van der Waals surface area contributed by atoms with Gasteiger partial charge in [-0.25, -0.2) is 9.67 Å². The molecule has 6 aromatic rings. The second-order valence-corrected chi connectivity index (χ2v) is 8.19. The van der Waals surface area contributed by atoms with Crippen molar-refractivity contribution in [1.82, 2.24) is 14.8 Å². The van der Waals surface area contributed by atoms with E-state index in [1.54, 1.807) is 19.4 Å². The van der Waals surface area contributed by atoms with Crippen LogP contribution in [-0.4, -0.2) is 21.9 Å². The molecule has 0 saturated carbocycles. The Labute approximate surface area is 207 Å². The minimum absolute atomic E-state index is 0.412. The van der Waals surface area contributed by atoms with Crippen LogP contribution in [0.4, 0.5) is 0 Å². The molecule has 0 atom stereocenters. The van der Waals surface area contributed by atoms with E-state index in [0.29, 0.717) is 28.4 Å². The van der Waals surface area contributed by atoms with E-state index in [1.165, 1.54) is 0 Å². The number of pyridine rings is 1. The number of fused-ring (bicyclic) bond motifs is 1. The zero-order valence-electron chi connectivity index (χ0n) is 19.4. The third kappa shape index (κ3) is 3.51. The van der Waals surface area contributed by atoms with Crippen LogP contribution in [-0.2, 0) is 0 Å². The first kappa shape index (κ1) is 21.4. The molecule has 0 unspecified atom stereocenters. The molecule has 172 valence electrons. The van der Waals surface area contributed by atoms with Gasteiger partial charge in [-0.15, -0.1) is 0 Å². The molecule has 0 aliphatic rings. The molecule has 0 aliphatic carbocycles. The molecule has 0 saturated heterocycles. The van der Waals surface area contributed by atoms with Crippen molar-refractivity contribution in [3.8, 4) is 51.3 Å². The van der Waals surface area contributed by atoms with Crippen molar-refractivity contribution in [3.63, 3.8) is 0 Å². The number of rotatable bonds is 5. The molecule has 0 radical (unpaired) electrons. The Kier molecular flexibility index (Phi) is 5.28. The van der Waals surface area contributed by atoms with Gasteiger partial charge >= 0.3 is 0 Å². The summed E-state index contributed by atoms with van der Waals surface area (Å²) < 4.78 is 13.1. The van der Waals surface area contributed by atoms with E-state index < -0.39 is 0 Å². The Morgan fingerprint density at radius 1 is 0.833 bits per heavy atom. The highest BCUT2D eigenvalue weighted by atomic mass is 16.5. The Morgan fingerprint density at radius 3 is 2.28 bits per heavy atom. The van der Waals surface area contributed by atoms with E-state index in [9.17, 15) is 5.26 Å². The summed E-state index contributed by atoms with van der Waals surface area (Å²) in [5.74, 6) is 1.21. The molecule has 0 bridgehead atoms. The molecule has 36 heavy (non-hydrogen) atoms. The van der Waals surface area contributed by atoms with Crippen molar-refractivity contribution in [1.29, 1.82) is 5.26 Å². The minimum atomic E-state index is 0.412. The first-order valence-corrected chi connectivity index (χ1v) is 11.4. The smallest absolute Gasteiger partial charge is 0.165 e. The molecule has 6 nitrogen and oxygen atoms in total. The summed E-state index contributed by atoms with van der Waals surface area (Å²) in [6.45, 7) is 0. The normalized spacial score (nSPS) is 10.9. The first-order chi connectivity index (χ1) is 17.8. The quantitative estimate of drug-likeness (QED) is 0.275. The Morgan fingerprint density at radius 2 is 1.58 bits per heavy atom. The molecule has 6 rings (SSSR count). The van der Waals surface area contributed by atoms with Gasteiger partial charge in [0.1, 0.15) is 23.2 Å². The molecule has 3 aromatic carbocycles. The standard InChI is InChI=1S/C30H20N4O2/c1-35-23-15-8-12-21(18-23)26-24(19-31)29(25-16-9-17-36-25)32-30-27(26)28(20-10-4-2-5-11-20)33-34(30)22-13-6-3-7-14-22/h2-18H,1H3. The summed E-state index contributed by atoms with van der Waals surface area (Å²) in [6, 6.07) is 33.5. The molecule has 3 aromatic heterocycles. The summed E-state index contributed by atoms with van der Waals surface area (Å²) in [5, 5.41) is 16.3. The number of hydrogen-bond acceptors (Lipinski definition) is 5. The van der Waals surface area contributed by atoms with Gasteiger partial charge in [-0.05, 0) is 42.0 Å². The maximum Gasteiger partial charge on any atom is 0.165 e. The number of nitrogens with zero attached hydrogens (tertiary/aromatic N) is 4. The first-order valence-electron chi connectivity index (χ1n) is 11.4. The maximum absolute atomic E-state index is 10.4. The zero-order chi connectivity index (χ0) is 24.5. The van der Waals surface area contributed by atoms with Crippen LogP contribution in [0.5, 0.6) is 5.75 Å². The average Bonchev–Trinajstić information content (AvgIpc) is 3.61. The summed E-state index contributed by atoms with van der Waals surface area (Å²) in [6.07, 6.45) is 1.58. The van der Waals surface area contributed by atoms with Gasteiger partial charge in [-0.1, -0.05) is 60.7 Å². The van der Waals surface area contributed by atoms with E-state index >= 15 is 0 Å². The maximum atomic E-state index is 10.4. The van der Waals surface area contributed by atoms with Crippen molar-refractivity contribution >= 4 is 11.0 Å². The second kappa shape index (κ2) is 8.90. The van der Waals surface area contributed by atoms with Gasteiger partial charge in [0.05, 0.1) is 30.0 Å². The van der Waals surface area contributed by atoms with Crippen molar-refractivity contribution in [2.24, 2.45) is 0 Å². The van der Waals surface area contributed by atoms with Crippen LogP contribution in [0.1, 0.15) is 5.56 Å². The number of ether oxygens (including phenoxy) is 1. The lowest BCUT2D eigenvalue weighted by molar-refractivity contribution is 0.415. The summed E-state index contributed by atoms with van der Waals surface area (Å²) >= 11 is 0. The topological polar surface area (TPSA) is 76.9 Å². The Hall–Kier alpha value is -5.15. The van der Waals surface area contributed by atoms with Crippen LogP contribution in [0, 0.1) is 11.3 Å². The van der Waals surface area contributed by atoms with E-state index in [0.717, 1.165) is 33.5 Å². The molecule has 0 N–H and O–H groups in total. The molecule has 0 amide bonds. The van der Waals surface area contributed by atoms with E-state index in [-0.39, 0.29) is 0 Å². The number of nitriles is 1. The molecule has 6 heteroatoms. The van der Waals surface area contributed by atoms with Gasteiger partial charge in [0.25, 0.3) is 0 Å². The summed E-state index contributed by atoms with van der Waals surface area (Å²) in [5.41, 5.74) is 5.59.